The van der Waals surface area contributed by atoms with Crippen molar-refractivity contribution in [3.05, 3.63) is 47.0 Å². The number of nitrogen functional groups attached to an aromatic ring is 1. The maximum absolute atomic E-state index is 9.78. The van der Waals surface area contributed by atoms with Crippen LogP contribution >= 0.6 is 0 Å². The van der Waals surface area contributed by atoms with E-state index in [4.69, 9.17) is 15.7 Å². The van der Waals surface area contributed by atoms with E-state index in [1.807, 2.05) is 26.0 Å². The largest absolute Gasteiger partial charge is 0.504 e. The van der Waals surface area contributed by atoms with Gasteiger partial charge in [-0.3, -0.25) is 10.7 Å². The molecule has 0 heterocycles. The van der Waals surface area contributed by atoms with Crippen molar-refractivity contribution >= 4 is 11.4 Å². The molecule has 2 rings (SSSR count). The van der Waals surface area contributed by atoms with Crippen molar-refractivity contribution in [2.75, 3.05) is 17.8 Å². The first-order valence-corrected chi connectivity index (χ1v) is 6.73. The van der Waals surface area contributed by atoms with Crippen LogP contribution in [0.2, 0.25) is 0 Å². The van der Waals surface area contributed by atoms with Gasteiger partial charge in [0.15, 0.2) is 11.5 Å². The lowest BCUT2D eigenvalue weighted by atomic mass is 10.0. The summed E-state index contributed by atoms with van der Waals surface area (Å²) in [5, 5.41) is 18.9. The van der Waals surface area contributed by atoms with Gasteiger partial charge in [-0.15, -0.1) is 0 Å². The fourth-order valence-electron chi connectivity index (χ4n) is 2.22. The van der Waals surface area contributed by atoms with Crippen LogP contribution in [0.15, 0.2) is 30.3 Å². The van der Waals surface area contributed by atoms with Gasteiger partial charge in [-0.2, -0.15) is 0 Å². The average Bonchev–Trinajstić information content (AvgIpc) is 2.44. The number of hydrogen-bond donors (Lipinski definition) is 4. The molecule has 21 heavy (non-hydrogen) atoms. The number of hydrogen-bond acceptors (Lipinski definition) is 5. The summed E-state index contributed by atoms with van der Waals surface area (Å²) in [5.74, 6) is 0.607. The summed E-state index contributed by atoms with van der Waals surface area (Å²) in [6.45, 7) is 4.21. The molecule has 0 aromatic heterocycles. The van der Waals surface area contributed by atoms with Gasteiger partial charge in [0, 0.05) is 6.42 Å². The van der Waals surface area contributed by atoms with Crippen molar-refractivity contribution in [3.8, 4) is 11.5 Å². The monoisotopic (exact) mass is 288 g/mol. The van der Waals surface area contributed by atoms with Crippen LogP contribution in [0.3, 0.4) is 0 Å². The molecule has 0 aliphatic carbocycles. The highest BCUT2D eigenvalue weighted by atomic mass is 16.5. The Morgan fingerprint density at radius 3 is 2.62 bits per heavy atom. The minimum absolute atomic E-state index is 0.141. The lowest BCUT2D eigenvalue weighted by Crippen LogP contribution is -2.06. The number of phenols is 1. The first kappa shape index (κ1) is 15.0. The predicted molar refractivity (Wildman–Crippen MR) is 83.0 cm³/mol. The van der Waals surface area contributed by atoms with E-state index in [1.54, 1.807) is 18.2 Å². The Balaban J connectivity index is 2.04. The molecule has 112 valence electrons. The van der Waals surface area contributed by atoms with E-state index in [0.29, 0.717) is 30.2 Å². The van der Waals surface area contributed by atoms with E-state index >= 15 is 0 Å². The van der Waals surface area contributed by atoms with Crippen LogP contribution in [0.5, 0.6) is 11.5 Å². The Bertz CT molecular complexity index is 642. The SMILES string of the molecule is Cc1ccc(OCCc2ccc(N)c(NO)c2C)c(O)c1. The molecular weight excluding hydrogens is 268 g/mol. The molecule has 5 nitrogen and oxygen atoms in total. The molecule has 0 aliphatic rings. The third kappa shape index (κ3) is 3.38. The second-order valence-electron chi connectivity index (χ2n) is 5.00. The molecule has 0 aliphatic heterocycles. The zero-order chi connectivity index (χ0) is 15.4. The van der Waals surface area contributed by atoms with Crippen LogP contribution < -0.4 is 16.0 Å². The van der Waals surface area contributed by atoms with Crippen LogP contribution in [0.25, 0.3) is 0 Å². The van der Waals surface area contributed by atoms with Crippen molar-refractivity contribution in [2.24, 2.45) is 0 Å². The molecule has 2 aromatic rings. The normalized spacial score (nSPS) is 10.4. The Hall–Kier alpha value is -2.40. The van der Waals surface area contributed by atoms with Crippen molar-refractivity contribution in [1.29, 1.82) is 0 Å². The molecular formula is C16H20N2O3. The molecule has 0 radical (unpaired) electrons. The molecule has 0 saturated heterocycles. The number of nitrogens with one attached hydrogen (secondary N) is 1. The smallest absolute Gasteiger partial charge is 0.160 e. The van der Waals surface area contributed by atoms with Gasteiger partial charge in [0.25, 0.3) is 0 Å². The summed E-state index contributed by atoms with van der Waals surface area (Å²) in [5.41, 5.74) is 11.8. The van der Waals surface area contributed by atoms with E-state index < -0.39 is 0 Å². The fraction of sp³-hybridized carbons (Fsp3) is 0.250. The van der Waals surface area contributed by atoms with E-state index in [1.165, 1.54) is 0 Å². The number of benzene rings is 2. The van der Waals surface area contributed by atoms with Crippen molar-refractivity contribution < 1.29 is 15.1 Å². The zero-order valence-corrected chi connectivity index (χ0v) is 12.2. The molecule has 5 N–H and O–H groups in total. The number of aromatic hydroxyl groups is 1. The lowest BCUT2D eigenvalue weighted by Gasteiger charge is -2.13. The van der Waals surface area contributed by atoms with Crippen LogP contribution in [0.4, 0.5) is 11.4 Å². The summed E-state index contributed by atoms with van der Waals surface area (Å²) < 4.78 is 5.59. The average molecular weight is 288 g/mol. The van der Waals surface area contributed by atoms with Gasteiger partial charge in [-0.25, -0.2) is 0 Å². The standard InChI is InChI=1S/C16H20N2O3/c1-10-3-6-15(14(19)9-10)21-8-7-12-4-5-13(17)16(18-20)11(12)2/h3-6,9,18-20H,7-8,17H2,1-2H3. The minimum Gasteiger partial charge on any atom is -0.504 e. The maximum atomic E-state index is 9.78. The molecule has 0 spiro atoms. The third-order valence-corrected chi connectivity index (χ3v) is 3.46. The molecule has 2 aromatic carbocycles. The Kier molecular flexibility index (Phi) is 4.55. The molecule has 0 bridgehead atoms. The summed E-state index contributed by atoms with van der Waals surface area (Å²) in [6.07, 6.45) is 0.647. The molecule has 5 heteroatoms. The first-order valence-electron chi connectivity index (χ1n) is 6.73. The van der Waals surface area contributed by atoms with Gasteiger partial charge in [-0.1, -0.05) is 12.1 Å². The van der Waals surface area contributed by atoms with Crippen LogP contribution in [-0.4, -0.2) is 16.9 Å². The highest BCUT2D eigenvalue weighted by Crippen LogP contribution is 2.28. The Labute approximate surface area is 123 Å². The highest BCUT2D eigenvalue weighted by Gasteiger charge is 2.08. The zero-order valence-electron chi connectivity index (χ0n) is 12.2. The van der Waals surface area contributed by atoms with E-state index in [2.05, 4.69) is 5.48 Å². The lowest BCUT2D eigenvalue weighted by molar-refractivity contribution is 0.303. The second kappa shape index (κ2) is 6.37. The number of rotatable bonds is 5. The highest BCUT2D eigenvalue weighted by molar-refractivity contribution is 5.70. The summed E-state index contributed by atoms with van der Waals surface area (Å²) in [7, 11) is 0. The van der Waals surface area contributed by atoms with E-state index in [9.17, 15) is 5.11 Å². The number of ether oxygens (including phenoxy) is 1. The minimum atomic E-state index is 0.141. The van der Waals surface area contributed by atoms with E-state index in [0.717, 1.165) is 16.7 Å². The van der Waals surface area contributed by atoms with Gasteiger partial charge >= 0.3 is 0 Å². The summed E-state index contributed by atoms with van der Waals surface area (Å²) in [4.78, 5) is 0. The van der Waals surface area contributed by atoms with Crippen LogP contribution in [0, 0.1) is 13.8 Å². The fourth-order valence-corrected chi connectivity index (χ4v) is 2.22. The molecule has 0 atom stereocenters. The topological polar surface area (TPSA) is 87.7 Å². The molecule has 0 amide bonds. The number of anilines is 2. The molecule has 0 fully saturated rings. The number of aryl methyl sites for hydroxylation is 1. The molecule has 0 saturated carbocycles. The van der Waals surface area contributed by atoms with Crippen molar-refractivity contribution in [2.45, 2.75) is 20.3 Å². The Morgan fingerprint density at radius 1 is 1.19 bits per heavy atom. The van der Waals surface area contributed by atoms with Crippen molar-refractivity contribution in [1.82, 2.24) is 0 Å². The maximum Gasteiger partial charge on any atom is 0.160 e. The number of phenolic OH excluding ortho intramolecular Hbond substituents is 1. The van der Waals surface area contributed by atoms with Gasteiger partial charge in [0.05, 0.1) is 18.0 Å². The van der Waals surface area contributed by atoms with Crippen LogP contribution in [-0.2, 0) is 6.42 Å². The Morgan fingerprint density at radius 2 is 1.95 bits per heavy atom. The third-order valence-electron chi connectivity index (χ3n) is 3.46. The number of nitrogens with two attached hydrogens (primary N) is 1. The summed E-state index contributed by atoms with van der Waals surface area (Å²) in [6, 6.07) is 8.95. The van der Waals surface area contributed by atoms with Gasteiger partial charge in [0.1, 0.15) is 0 Å². The quantitative estimate of drug-likeness (QED) is 0.502. The first-order chi connectivity index (χ1) is 10.0. The van der Waals surface area contributed by atoms with Gasteiger partial charge < -0.3 is 15.6 Å². The van der Waals surface area contributed by atoms with Crippen molar-refractivity contribution in [3.63, 3.8) is 0 Å². The molecule has 0 unspecified atom stereocenters. The summed E-state index contributed by atoms with van der Waals surface area (Å²) >= 11 is 0. The predicted octanol–water partition coefficient (Wildman–Crippen LogP) is 3.01. The van der Waals surface area contributed by atoms with E-state index in [-0.39, 0.29) is 5.75 Å². The van der Waals surface area contributed by atoms with Gasteiger partial charge in [-0.05, 0) is 48.7 Å². The van der Waals surface area contributed by atoms with Gasteiger partial charge in [0.2, 0.25) is 0 Å². The van der Waals surface area contributed by atoms with Crippen LogP contribution in [0.1, 0.15) is 16.7 Å². The second-order valence-corrected chi connectivity index (χ2v) is 5.00.